The zero-order valence-electron chi connectivity index (χ0n) is 9.37. The van der Waals surface area contributed by atoms with Gasteiger partial charge in [0.1, 0.15) is 0 Å². The van der Waals surface area contributed by atoms with Gasteiger partial charge in [0.2, 0.25) is 0 Å². The summed E-state index contributed by atoms with van der Waals surface area (Å²) in [6.07, 6.45) is 1.36. The quantitative estimate of drug-likeness (QED) is 0.859. The first kappa shape index (κ1) is 12.2. The van der Waals surface area contributed by atoms with Crippen molar-refractivity contribution in [1.82, 2.24) is 4.98 Å². The maximum absolute atomic E-state index is 12.8. The summed E-state index contributed by atoms with van der Waals surface area (Å²) in [7, 11) is 0. The van der Waals surface area contributed by atoms with Crippen LogP contribution in [-0.2, 0) is 0 Å². The highest BCUT2D eigenvalue weighted by Crippen LogP contribution is 2.38. The first-order valence-corrected chi connectivity index (χ1v) is 5.80. The molecule has 2 rings (SSSR count). The molecule has 1 heterocycles. The minimum Gasteiger partial charge on any atom is -0.380 e. The molecule has 0 spiro atoms. The maximum atomic E-state index is 12.8. The molecule has 0 amide bonds. The summed E-state index contributed by atoms with van der Waals surface area (Å²) in [4.78, 5) is 3.89. The van der Waals surface area contributed by atoms with E-state index in [1.807, 2.05) is 0 Å². The number of anilines is 1. The Labute approximate surface area is 98.2 Å². The van der Waals surface area contributed by atoms with E-state index in [1.165, 1.54) is 0 Å². The number of nitrogens with one attached hydrogen (secondary N) is 1. The van der Waals surface area contributed by atoms with Crippen molar-refractivity contribution in [3.8, 4) is 0 Å². The van der Waals surface area contributed by atoms with Crippen molar-refractivity contribution in [3.05, 3.63) is 24.5 Å². The Morgan fingerprint density at radius 3 is 2.65 bits per heavy atom. The zero-order chi connectivity index (χ0) is 12.3. The molecule has 1 aromatic heterocycles. The maximum Gasteiger partial charge on any atom is 0.393 e. The normalized spacial score (nSPS) is 25.6. The molecular formula is C12H15F3N2. The molecule has 2 nitrogen and oxygen atoms in total. The zero-order valence-corrected chi connectivity index (χ0v) is 9.37. The second kappa shape index (κ2) is 4.94. The molecule has 1 aliphatic rings. The third-order valence-corrected chi connectivity index (χ3v) is 3.20. The lowest BCUT2D eigenvalue weighted by atomic mass is 9.84. The number of alkyl halides is 3. The molecule has 0 aliphatic heterocycles. The van der Waals surface area contributed by atoms with Crippen molar-refractivity contribution in [2.45, 2.75) is 37.9 Å². The van der Waals surface area contributed by atoms with Crippen molar-refractivity contribution in [2.75, 3.05) is 5.32 Å². The van der Waals surface area contributed by atoms with Gasteiger partial charge >= 0.3 is 6.18 Å². The minimum atomic E-state index is -4.11. The van der Waals surface area contributed by atoms with Crippen molar-refractivity contribution in [2.24, 2.45) is 5.92 Å². The molecule has 0 radical (unpaired) electrons. The Morgan fingerprint density at radius 1 is 1.24 bits per heavy atom. The lowest BCUT2D eigenvalue weighted by molar-refractivity contribution is -0.184. The molecule has 94 valence electrons. The van der Waals surface area contributed by atoms with Crippen LogP contribution in [0.25, 0.3) is 0 Å². The Kier molecular flexibility index (Phi) is 3.54. The fraction of sp³-hybridized carbons (Fsp3) is 0.583. The lowest BCUT2D eigenvalue weighted by Crippen LogP contribution is -2.41. The molecule has 0 bridgehead atoms. The summed E-state index contributed by atoms with van der Waals surface area (Å²) < 4.78 is 38.5. The van der Waals surface area contributed by atoms with Gasteiger partial charge in [-0.25, -0.2) is 0 Å². The third-order valence-electron chi connectivity index (χ3n) is 3.20. The summed E-state index contributed by atoms with van der Waals surface area (Å²) in [5.74, 6) is -1.24. The second-order valence-electron chi connectivity index (χ2n) is 4.43. The van der Waals surface area contributed by atoms with Crippen molar-refractivity contribution in [1.29, 1.82) is 0 Å². The van der Waals surface area contributed by atoms with E-state index in [-0.39, 0.29) is 6.42 Å². The van der Waals surface area contributed by atoms with Gasteiger partial charge in [-0.3, -0.25) is 4.98 Å². The first-order valence-electron chi connectivity index (χ1n) is 5.80. The van der Waals surface area contributed by atoms with E-state index in [9.17, 15) is 13.2 Å². The fourth-order valence-electron chi connectivity index (χ4n) is 2.36. The van der Waals surface area contributed by atoms with Gasteiger partial charge in [0.05, 0.1) is 11.6 Å². The van der Waals surface area contributed by atoms with Crippen LogP contribution in [-0.4, -0.2) is 17.2 Å². The third kappa shape index (κ3) is 3.11. The number of rotatable bonds is 2. The van der Waals surface area contributed by atoms with E-state index in [4.69, 9.17) is 0 Å². The Bertz CT molecular complexity index is 351. The molecule has 1 aliphatic carbocycles. The predicted octanol–water partition coefficient (Wildman–Crippen LogP) is 3.61. The SMILES string of the molecule is FC(F)(F)C1CCCCC1Nc1cccnc1. The molecule has 1 fully saturated rings. The molecule has 17 heavy (non-hydrogen) atoms. The van der Waals surface area contributed by atoms with Crippen LogP contribution in [0.4, 0.5) is 18.9 Å². The van der Waals surface area contributed by atoms with Crippen LogP contribution in [0.2, 0.25) is 0 Å². The van der Waals surface area contributed by atoms with E-state index < -0.39 is 18.1 Å². The highest BCUT2D eigenvalue weighted by molar-refractivity contribution is 5.41. The van der Waals surface area contributed by atoms with Gasteiger partial charge in [0.15, 0.2) is 0 Å². The molecule has 2 atom stereocenters. The van der Waals surface area contributed by atoms with Gasteiger partial charge in [-0.15, -0.1) is 0 Å². The molecule has 2 unspecified atom stereocenters. The van der Waals surface area contributed by atoms with Gasteiger partial charge in [0.25, 0.3) is 0 Å². The van der Waals surface area contributed by atoms with Crippen molar-refractivity contribution >= 4 is 5.69 Å². The summed E-state index contributed by atoms with van der Waals surface area (Å²) >= 11 is 0. The van der Waals surface area contributed by atoms with Crippen LogP contribution in [0.15, 0.2) is 24.5 Å². The summed E-state index contributed by atoms with van der Waals surface area (Å²) in [5, 5.41) is 2.95. The number of aromatic nitrogens is 1. The van der Waals surface area contributed by atoms with Gasteiger partial charge in [-0.2, -0.15) is 13.2 Å². The van der Waals surface area contributed by atoms with Crippen LogP contribution < -0.4 is 5.32 Å². The van der Waals surface area contributed by atoms with Crippen LogP contribution in [0.1, 0.15) is 25.7 Å². The Balaban J connectivity index is 2.07. The highest BCUT2D eigenvalue weighted by atomic mass is 19.4. The van der Waals surface area contributed by atoms with E-state index in [0.717, 1.165) is 6.42 Å². The average Bonchev–Trinajstić information content (AvgIpc) is 2.30. The minimum absolute atomic E-state index is 0.224. The molecular weight excluding hydrogens is 229 g/mol. The van der Waals surface area contributed by atoms with Gasteiger partial charge in [0, 0.05) is 18.4 Å². The monoisotopic (exact) mass is 244 g/mol. The molecule has 0 saturated heterocycles. The van der Waals surface area contributed by atoms with E-state index in [2.05, 4.69) is 10.3 Å². The van der Waals surface area contributed by atoms with Gasteiger partial charge < -0.3 is 5.32 Å². The predicted molar refractivity (Wildman–Crippen MR) is 59.7 cm³/mol. The van der Waals surface area contributed by atoms with E-state index in [0.29, 0.717) is 18.5 Å². The van der Waals surface area contributed by atoms with Gasteiger partial charge in [-0.05, 0) is 25.0 Å². The molecule has 1 N–H and O–H groups in total. The Hall–Kier alpha value is -1.26. The van der Waals surface area contributed by atoms with Crippen LogP contribution >= 0.6 is 0 Å². The Morgan fingerprint density at radius 2 is 2.00 bits per heavy atom. The average molecular weight is 244 g/mol. The largest absolute Gasteiger partial charge is 0.393 e. The number of hydrogen-bond acceptors (Lipinski definition) is 2. The molecule has 0 aromatic carbocycles. The van der Waals surface area contributed by atoms with Crippen molar-refractivity contribution in [3.63, 3.8) is 0 Å². The number of pyridine rings is 1. The van der Waals surface area contributed by atoms with Crippen LogP contribution in [0.5, 0.6) is 0 Å². The van der Waals surface area contributed by atoms with Crippen LogP contribution in [0.3, 0.4) is 0 Å². The molecule has 1 saturated carbocycles. The second-order valence-corrected chi connectivity index (χ2v) is 4.43. The van der Waals surface area contributed by atoms with E-state index in [1.54, 1.807) is 24.5 Å². The fourth-order valence-corrected chi connectivity index (χ4v) is 2.36. The van der Waals surface area contributed by atoms with Gasteiger partial charge in [-0.1, -0.05) is 12.8 Å². The van der Waals surface area contributed by atoms with Crippen molar-refractivity contribution < 1.29 is 13.2 Å². The van der Waals surface area contributed by atoms with Crippen LogP contribution in [0, 0.1) is 5.92 Å². The summed E-state index contributed by atoms with van der Waals surface area (Å²) in [6, 6.07) is 2.94. The topological polar surface area (TPSA) is 24.9 Å². The molecule has 5 heteroatoms. The highest BCUT2D eigenvalue weighted by Gasteiger charge is 2.45. The summed E-state index contributed by atoms with van der Waals surface area (Å²) in [6.45, 7) is 0. The van der Waals surface area contributed by atoms with E-state index >= 15 is 0 Å². The summed E-state index contributed by atoms with van der Waals surface area (Å²) in [5.41, 5.74) is 0.661. The number of nitrogens with zero attached hydrogens (tertiary/aromatic N) is 1. The smallest absolute Gasteiger partial charge is 0.380 e. The number of halogens is 3. The molecule has 1 aromatic rings. The lowest BCUT2D eigenvalue weighted by Gasteiger charge is -2.34. The number of hydrogen-bond donors (Lipinski definition) is 1. The standard InChI is InChI=1S/C12H15F3N2/c13-12(14,15)10-5-1-2-6-11(10)17-9-4-3-7-16-8-9/h3-4,7-8,10-11,17H,1-2,5-6H2. The first-order chi connectivity index (χ1) is 8.07.